The Labute approximate surface area is 202 Å². The number of nitrogens with one attached hydrogen (secondary N) is 3. The number of nitrogens with zero attached hydrogens (tertiary/aromatic N) is 1. The number of hydrazone groups is 1. The molecule has 0 fully saturated rings. The number of anilines is 1. The highest BCUT2D eigenvalue weighted by Gasteiger charge is 2.12. The van der Waals surface area contributed by atoms with E-state index in [1.165, 1.54) is 6.21 Å². The minimum Gasteiger partial charge on any atom is -0.484 e. The summed E-state index contributed by atoms with van der Waals surface area (Å²) in [7, 11) is 0. The van der Waals surface area contributed by atoms with E-state index in [1.807, 2.05) is 43.3 Å². The van der Waals surface area contributed by atoms with E-state index in [0.717, 1.165) is 11.1 Å². The molecule has 9 heteroatoms. The summed E-state index contributed by atoms with van der Waals surface area (Å²) in [4.78, 5) is 35.9. The summed E-state index contributed by atoms with van der Waals surface area (Å²) in [5, 5.41) is 9.59. The molecule has 3 N–H and O–H groups in total. The van der Waals surface area contributed by atoms with Crippen LogP contribution in [0, 0.1) is 6.92 Å². The van der Waals surface area contributed by atoms with E-state index in [-0.39, 0.29) is 19.1 Å². The predicted octanol–water partition coefficient (Wildman–Crippen LogP) is 3.43. The van der Waals surface area contributed by atoms with Crippen LogP contribution in [0.4, 0.5) is 5.69 Å². The topological polar surface area (TPSA) is 109 Å². The average Bonchev–Trinajstić information content (AvgIpc) is 2.84. The molecule has 0 aromatic heterocycles. The number of amides is 3. The molecule has 0 bridgehead atoms. The Balaban J connectivity index is 1.46. The Bertz CT molecular complexity index is 1200. The maximum atomic E-state index is 12.2. The Hall–Kier alpha value is -4.17. The van der Waals surface area contributed by atoms with Crippen LogP contribution in [0.1, 0.15) is 16.7 Å². The third-order valence-corrected chi connectivity index (χ3v) is 4.82. The molecule has 0 aliphatic rings. The molecule has 3 aromatic carbocycles. The molecule has 0 radical (unpaired) electrons. The van der Waals surface area contributed by atoms with Crippen molar-refractivity contribution in [2.75, 3.05) is 11.9 Å². The van der Waals surface area contributed by atoms with Crippen LogP contribution in [0.2, 0.25) is 5.02 Å². The van der Waals surface area contributed by atoms with Gasteiger partial charge in [-0.2, -0.15) is 5.10 Å². The molecule has 3 aromatic rings. The van der Waals surface area contributed by atoms with Crippen molar-refractivity contribution in [3.8, 4) is 5.75 Å². The molecule has 0 saturated heterocycles. The smallest absolute Gasteiger partial charge is 0.329 e. The van der Waals surface area contributed by atoms with Gasteiger partial charge in [-0.3, -0.25) is 14.4 Å². The summed E-state index contributed by atoms with van der Waals surface area (Å²) < 4.78 is 5.53. The zero-order valence-electron chi connectivity index (χ0n) is 18.4. The lowest BCUT2D eigenvalue weighted by Crippen LogP contribution is -2.37. The first-order valence-corrected chi connectivity index (χ1v) is 10.7. The number of carbonyl (C=O) groups excluding carboxylic acids is 3. The van der Waals surface area contributed by atoms with Gasteiger partial charge in [0.25, 0.3) is 5.91 Å². The maximum absolute atomic E-state index is 12.2. The largest absolute Gasteiger partial charge is 0.484 e. The number of halogens is 1. The monoisotopic (exact) mass is 478 g/mol. The number of aryl methyl sites for hydroxylation is 1. The number of carbonyl (C=O) groups is 3. The molecule has 0 aliphatic carbocycles. The van der Waals surface area contributed by atoms with E-state index in [4.69, 9.17) is 16.3 Å². The second kappa shape index (κ2) is 12.2. The van der Waals surface area contributed by atoms with Crippen molar-refractivity contribution in [1.82, 2.24) is 10.7 Å². The Morgan fingerprint density at radius 1 is 0.971 bits per heavy atom. The number of benzene rings is 3. The van der Waals surface area contributed by atoms with Crippen molar-refractivity contribution >= 4 is 41.2 Å². The van der Waals surface area contributed by atoms with Crippen LogP contribution in [0.15, 0.2) is 77.9 Å². The number of rotatable bonds is 8. The minimum atomic E-state index is -0.882. The van der Waals surface area contributed by atoms with Crippen LogP contribution >= 0.6 is 11.6 Å². The average molecular weight is 479 g/mol. The standard InChI is InChI=1S/C25H23ClN4O4/c1-17-10-11-20(26)13-22(17)29-23(31)16-34-21-9-5-8-19(12-21)15-28-30-25(33)24(32)27-14-18-6-3-2-4-7-18/h2-13,15H,14,16H2,1H3,(H,27,32)(H,29,31)(H,30,33)/b28-15-. The molecular weight excluding hydrogens is 456 g/mol. The second-order valence-electron chi connectivity index (χ2n) is 7.24. The fourth-order valence-corrected chi connectivity index (χ4v) is 3.00. The minimum absolute atomic E-state index is 0.204. The molecule has 8 nitrogen and oxygen atoms in total. The summed E-state index contributed by atoms with van der Waals surface area (Å²) in [5.74, 6) is -1.57. The summed E-state index contributed by atoms with van der Waals surface area (Å²) >= 11 is 5.97. The maximum Gasteiger partial charge on any atom is 0.329 e. The van der Waals surface area contributed by atoms with Gasteiger partial charge in [0.15, 0.2) is 6.61 Å². The first-order chi connectivity index (χ1) is 16.4. The Morgan fingerprint density at radius 3 is 2.56 bits per heavy atom. The van der Waals surface area contributed by atoms with Gasteiger partial charge in [0, 0.05) is 17.3 Å². The fourth-order valence-electron chi connectivity index (χ4n) is 2.82. The lowest BCUT2D eigenvalue weighted by molar-refractivity contribution is -0.139. The SMILES string of the molecule is Cc1ccc(Cl)cc1NC(=O)COc1cccc(/C=N\NC(=O)C(=O)NCc2ccccc2)c1. The van der Waals surface area contributed by atoms with Gasteiger partial charge in [-0.25, -0.2) is 5.43 Å². The van der Waals surface area contributed by atoms with E-state index >= 15 is 0 Å². The zero-order valence-corrected chi connectivity index (χ0v) is 19.1. The van der Waals surface area contributed by atoms with Gasteiger partial charge in [-0.05, 0) is 47.9 Å². The van der Waals surface area contributed by atoms with Crippen molar-refractivity contribution < 1.29 is 19.1 Å². The molecule has 0 unspecified atom stereocenters. The van der Waals surface area contributed by atoms with Crippen LogP contribution in [0.25, 0.3) is 0 Å². The Kier molecular flexibility index (Phi) is 8.76. The van der Waals surface area contributed by atoms with Gasteiger partial charge in [-0.15, -0.1) is 0 Å². The first-order valence-electron chi connectivity index (χ1n) is 10.3. The van der Waals surface area contributed by atoms with Gasteiger partial charge in [0.05, 0.1) is 6.21 Å². The molecule has 34 heavy (non-hydrogen) atoms. The molecule has 3 amide bonds. The highest BCUT2D eigenvalue weighted by molar-refractivity contribution is 6.35. The summed E-state index contributed by atoms with van der Waals surface area (Å²) in [6.45, 7) is 1.90. The van der Waals surface area contributed by atoms with Crippen molar-refractivity contribution in [1.29, 1.82) is 0 Å². The van der Waals surface area contributed by atoms with Gasteiger partial charge in [0.1, 0.15) is 5.75 Å². The second-order valence-corrected chi connectivity index (χ2v) is 7.67. The van der Waals surface area contributed by atoms with Gasteiger partial charge in [0.2, 0.25) is 0 Å². The molecule has 0 saturated carbocycles. The molecular formula is C25H23ClN4O4. The van der Waals surface area contributed by atoms with Gasteiger partial charge >= 0.3 is 11.8 Å². The van der Waals surface area contributed by atoms with Gasteiger partial charge in [-0.1, -0.05) is 60.1 Å². The van der Waals surface area contributed by atoms with Crippen molar-refractivity contribution in [3.63, 3.8) is 0 Å². The number of ether oxygens (including phenoxy) is 1. The molecule has 0 aliphatic heterocycles. The zero-order chi connectivity index (χ0) is 24.3. The molecule has 3 rings (SSSR count). The summed E-state index contributed by atoms with van der Waals surface area (Å²) in [5.41, 5.74) is 5.15. The third kappa shape index (κ3) is 7.75. The van der Waals surface area contributed by atoms with Crippen molar-refractivity contribution in [2.45, 2.75) is 13.5 Å². The Morgan fingerprint density at radius 2 is 1.76 bits per heavy atom. The van der Waals surface area contributed by atoms with Crippen LogP contribution < -0.4 is 20.8 Å². The number of hydrogen-bond acceptors (Lipinski definition) is 5. The molecule has 0 spiro atoms. The van der Waals surface area contributed by atoms with E-state index in [1.54, 1.807) is 36.4 Å². The highest BCUT2D eigenvalue weighted by atomic mass is 35.5. The fraction of sp³-hybridized carbons (Fsp3) is 0.120. The van der Waals surface area contributed by atoms with Crippen molar-refractivity contribution in [3.05, 3.63) is 94.5 Å². The molecule has 174 valence electrons. The van der Waals surface area contributed by atoms with Crippen LogP contribution in [-0.2, 0) is 20.9 Å². The number of hydrogen-bond donors (Lipinski definition) is 3. The van der Waals surface area contributed by atoms with Crippen LogP contribution in [0.5, 0.6) is 5.75 Å². The third-order valence-electron chi connectivity index (χ3n) is 4.58. The normalized spacial score (nSPS) is 10.5. The molecule has 0 heterocycles. The lowest BCUT2D eigenvalue weighted by Gasteiger charge is -2.10. The molecule has 0 atom stereocenters. The van der Waals surface area contributed by atoms with E-state index in [0.29, 0.717) is 22.0 Å². The summed E-state index contributed by atoms with van der Waals surface area (Å²) in [6.07, 6.45) is 1.37. The van der Waals surface area contributed by atoms with E-state index in [2.05, 4.69) is 21.2 Å². The highest BCUT2D eigenvalue weighted by Crippen LogP contribution is 2.20. The van der Waals surface area contributed by atoms with Crippen LogP contribution in [0.3, 0.4) is 0 Å². The summed E-state index contributed by atoms with van der Waals surface area (Å²) in [6, 6.07) is 21.2. The first kappa shape index (κ1) is 24.5. The van der Waals surface area contributed by atoms with Gasteiger partial charge < -0.3 is 15.4 Å². The van der Waals surface area contributed by atoms with Crippen molar-refractivity contribution in [2.24, 2.45) is 5.10 Å². The quantitative estimate of drug-likeness (QED) is 0.262. The van der Waals surface area contributed by atoms with E-state index < -0.39 is 11.8 Å². The predicted molar refractivity (Wildman–Crippen MR) is 131 cm³/mol. The lowest BCUT2D eigenvalue weighted by atomic mass is 10.2. The van der Waals surface area contributed by atoms with E-state index in [9.17, 15) is 14.4 Å². The van der Waals surface area contributed by atoms with Crippen LogP contribution in [-0.4, -0.2) is 30.5 Å².